The van der Waals surface area contributed by atoms with E-state index >= 15 is 17.6 Å². The van der Waals surface area contributed by atoms with Crippen LogP contribution in [-0.2, 0) is 0 Å². The number of hydrogen-bond donors (Lipinski definition) is 0. The summed E-state index contributed by atoms with van der Waals surface area (Å²) in [6.45, 7) is 11.0. The van der Waals surface area contributed by atoms with Gasteiger partial charge < -0.3 is 0 Å². The fraction of sp³-hybridized carbons (Fsp3) is 0.219. The van der Waals surface area contributed by atoms with Crippen LogP contribution in [0, 0.1) is 99.7 Å². The Morgan fingerprint density at radius 3 is 0.977 bits per heavy atom. The largest absolute Gasteiger partial charge is 0.275 e. The quantitative estimate of drug-likeness (QED) is 0.0697. The highest BCUT2D eigenvalue weighted by atomic mass is 31.1. The molecule has 0 atom stereocenters. The van der Waals surface area contributed by atoms with Crippen LogP contribution in [0.5, 0.6) is 0 Å². The van der Waals surface area contributed by atoms with Crippen LogP contribution in [0.4, 0.5) is 43.9 Å². The average molecular weight is 641 g/mol. The van der Waals surface area contributed by atoms with Crippen LogP contribution in [0.2, 0.25) is 0 Å². The van der Waals surface area contributed by atoms with Crippen LogP contribution in [0.15, 0.2) is 24.3 Å². The monoisotopic (exact) mass is 641 g/mol. The van der Waals surface area contributed by atoms with E-state index in [1.165, 1.54) is 0 Å². The fourth-order valence-electron chi connectivity index (χ4n) is 5.87. The highest BCUT2D eigenvalue weighted by Gasteiger charge is 2.29. The summed E-state index contributed by atoms with van der Waals surface area (Å²) in [5.41, 5.74) is 1.54. The van der Waals surface area contributed by atoms with Gasteiger partial charge >= 0.3 is 0 Å². The number of aryl methyl sites for hydroxylation is 6. The first kappa shape index (κ1) is 33.4. The molecule has 0 unspecified atom stereocenters. The molecule has 232 valence electrons. The van der Waals surface area contributed by atoms with Crippen molar-refractivity contribution >= 4 is 41.8 Å². The Morgan fingerprint density at radius 1 is 0.455 bits per heavy atom. The lowest BCUT2D eigenvalue weighted by atomic mass is 9.50. The van der Waals surface area contributed by atoms with E-state index in [1.807, 2.05) is 65.8 Å². The molecule has 0 amide bonds. The summed E-state index contributed by atoms with van der Waals surface area (Å²) in [7, 11) is -1.62. The van der Waals surface area contributed by atoms with E-state index in [0.717, 1.165) is 50.0 Å². The van der Waals surface area contributed by atoms with E-state index in [-0.39, 0.29) is 6.16 Å². The maximum atomic E-state index is 15.2. The Labute approximate surface area is 249 Å². The minimum Gasteiger partial charge on any atom is -0.275 e. The van der Waals surface area contributed by atoms with Gasteiger partial charge in [-0.05, 0) is 88.5 Å². The zero-order chi connectivity index (χ0) is 32.9. The molecular formula is C32H25BF10P-. The fourth-order valence-corrected chi connectivity index (χ4v) is 8.84. The number of benzene rings is 4. The van der Waals surface area contributed by atoms with Crippen LogP contribution < -0.4 is 21.5 Å². The van der Waals surface area contributed by atoms with Gasteiger partial charge in [0, 0.05) is 0 Å². The predicted octanol–water partition coefficient (Wildman–Crippen LogP) is 7.05. The predicted molar refractivity (Wildman–Crippen MR) is 156 cm³/mol. The topological polar surface area (TPSA) is 0 Å². The maximum absolute atomic E-state index is 15.2. The molecule has 0 radical (unpaired) electrons. The van der Waals surface area contributed by atoms with Crippen LogP contribution in [0.25, 0.3) is 0 Å². The first-order valence-corrected chi connectivity index (χ1v) is 14.8. The van der Waals surface area contributed by atoms with E-state index in [0.29, 0.717) is 0 Å². The lowest BCUT2D eigenvalue weighted by molar-refractivity contribution is 0.382. The molecule has 0 aliphatic carbocycles. The third-order valence-electron chi connectivity index (χ3n) is 7.44. The maximum Gasteiger partial charge on any atom is 0.200 e. The van der Waals surface area contributed by atoms with Crippen molar-refractivity contribution in [3.63, 3.8) is 0 Å². The Kier molecular flexibility index (Phi) is 9.50. The highest BCUT2D eigenvalue weighted by molar-refractivity contribution is 7.74. The van der Waals surface area contributed by atoms with Crippen LogP contribution >= 0.6 is 7.92 Å². The van der Waals surface area contributed by atoms with Crippen molar-refractivity contribution in [1.82, 2.24) is 0 Å². The second kappa shape index (κ2) is 12.5. The number of rotatable bonds is 6. The highest BCUT2D eigenvalue weighted by Crippen LogP contribution is 2.38. The van der Waals surface area contributed by atoms with Crippen molar-refractivity contribution in [2.75, 3.05) is 6.16 Å². The first-order chi connectivity index (χ1) is 20.5. The zero-order valence-corrected chi connectivity index (χ0v) is 25.3. The van der Waals surface area contributed by atoms with Crippen LogP contribution in [0.3, 0.4) is 0 Å². The summed E-state index contributed by atoms with van der Waals surface area (Å²) in [6.07, 6.45) is -2.86. The van der Waals surface area contributed by atoms with E-state index in [9.17, 15) is 26.3 Å². The van der Waals surface area contributed by atoms with Gasteiger partial charge in [0.05, 0.1) is 0 Å². The molecule has 0 aliphatic rings. The molecule has 0 saturated carbocycles. The van der Waals surface area contributed by atoms with Crippen molar-refractivity contribution < 1.29 is 43.9 Å². The molecule has 0 aliphatic heterocycles. The van der Waals surface area contributed by atoms with Crippen molar-refractivity contribution in [3.05, 3.63) is 116 Å². The first-order valence-electron chi connectivity index (χ1n) is 13.3. The van der Waals surface area contributed by atoms with Crippen molar-refractivity contribution in [2.24, 2.45) is 0 Å². The van der Waals surface area contributed by atoms with Gasteiger partial charge in [0.2, 0.25) is 0 Å². The van der Waals surface area contributed by atoms with Crippen molar-refractivity contribution in [1.29, 1.82) is 0 Å². The van der Waals surface area contributed by atoms with E-state index in [2.05, 4.69) is 0 Å². The third kappa shape index (κ3) is 5.71. The SMILES string of the molecule is Cc1cc(C)c(P(CC=[B-](c2c(F)c(F)c(F)c(F)c2F)c2c(F)c(F)c(F)c(F)c2F)c2c(C)cc(C)cc2C)c(C)c1. The van der Waals surface area contributed by atoms with Gasteiger partial charge in [0.25, 0.3) is 0 Å². The number of hydrogen-bond acceptors (Lipinski definition) is 0. The minimum absolute atomic E-state index is 0.297. The summed E-state index contributed by atoms with van der Waals surface area (Å²) >= 11 is 0. The van der Waals surface area contributed by atoms with Gasteiger partial charge in [-0.25, -0.2) is 43.9 Å². The van der Waals surface area contributed by atoms with Gasteiger partial charge in [0.15, 0.2) is 34.9 Å². The third-order valence-corrected chi connectivity index (χ3v) is 10.5. The Bertz CT molecular complexity index is 1630. The molecule has 0 heterocycles. The molecule has 0 spiro atoms. The lowest BCUT2D eigenvalue weighted by Gasteiger charge is -2.29. The molecule has 0 aromatic heterocycles. The molecule has 4 rings (SSSR count). The molecule has 0 bridgehead atoms. The van der Waals surface area contributed by atoms with Gasteiger partial charge in [-0.2, -0.15) is 0 Å². The molecule has 4 aromatic carbocycles. The van der Waals surface area contributed by atoms with Crippen LogP contribution in [0.1, 0.15) is 33.4 Å². The summed E-state index contributed by atoms with van der Waals surface area (Å²) in [5, 5.41) is 1.54. The lowest BCUT2D eigenvalue weighted by Crippen LogP contribution is -2.47. The molecule has 4 aromatic rings. The second-order valence-corrected chi connectivity index (χ2v) is 12.9. The normalized spacial score (nSPS) is 11.5. The second-order valence-electron chi connectivity index (χ2n) is 10.8. The van der Waals surface area contributed by atoms with Crippen molar-refractivity contribution in [3.8, 4) is 0 Å². The Hall–Kier alpha value is -3.46. The summed E-state index contributed by atoms with van der Waals surface area (Å²) in [4.78, 5) is 0. The van der Waals surface area contributed by atoms with Crippen molar-refractivity contribution in [2.45, 2.75) is 41.5 Å². The number of halogens is 10. The van der Waals surface area contributed by atoms with E-state index in [1.54, 1.807) is 0 Å². The van der Waals surface area contributed by atoms with Gasteiger partial charge in [0.1, 0.15) is 23.3 Å². The zero-order valence-electron chi connectivity index (χ0n) is 24.4. The Morgan fingerprint density at radius 2 is 0.705 bits per heavy atom. The molecule has 0 saturated heterocycles. The molecule has 12 heteroatoms. The standard InChI is InChI=1S/C32H25BF10P/c1-13-9-15(3)31(16(4)10-13)44(32-17(5)11-14(2)12-18(32)6)8-7-33(19-21(34)25(38)29(42)26(39)22(19)35)20-23(36)27(40)30(43)28(41)24(20)37/h7,9-12H,8H2,1-6H3/q-1. The van der Waals surface area contributed by atoms with E-state index in [4.69, 9.17) is 0 Å². The molecule has 44 heavy (non-hydrogen) atoms. The van der Waals surface area contributed by atoms with E-state index < -0.39 is 83.4 Å². The van der Waals surface area contributed by atoms with Gasteiger partial charge in [-0.1, -0.05) is 41.7 Å². The smallest absolute Gasteiger partial charge is 0.200 e. The molecule has 0 fully saturated rings. The average Bonchev–Trinajstić information content (AvgIpc) is 2.94. The Balaban J connectivity index is 2.14. The van der Waals surface area contributed by atoms with Gasteiger partial charge in [-0.15, -0.1) is 10.9 Å². The summed E-state index contributed by atoms with van der Waals surface area (Å²) in [5.74, 6) is -23.8. The summed E-state index contributed by atoms with van der Waals surface area (Å²) < 4.78 is 146. The summed E-state index contributed by atoms with van der Waals surface area (Å²) in [6, 6.07) is 7.51. The van der Waals surface area contributed by atoms with Gasteiger partial charge in [-0.3, -0.25) is 5.97 Å². The minimum atomic E-state index is -2.56. The molecule has 0 N–H and O–H groups in total. The molecular weight excluding hydrogens is 616 g/mol. The molecule has 0 nitrogen and oxygen atoms in total. The van der Waals surface area contributed by atoms with Crippen LogP contribution in [-0.4, -0.2) is 18.5 Å².